The molecule has 27 heavy (non-hydrogen) atoms. The number of benzene rings is 2. The van der Waals surface area contributed by atoms with Gasteiger partial charge in [-0.1, -0.05) is 6.07 Å². The van der Waals surface area contributed by atoms with Crippen LogP contribution in [0.2, 0.25) is 0 Å². The van der Waals surface area contributed by atoms with Gasteiger partial charge in [0, 0.05) is 0 Å². The highest BCUT2D eigenvalue weighted by Gasteiger charge is 2.15. The van der Waals surface area contributed by atoms with Crippen molar-refractivity contribution < 1.29 is 19.1 Å². The Morgan fingerprint density at radius 3 is 2.33 bits per heavy atom. The van der Waals surface area contributed by atoms with Gasteiger partial charge in [0.15, 0.2) is 12.7 Å². The van der Waals surface area contributed by atoms with Crippen LogP contribution in [0, 0.1) is 25.2 Å². The number of amides is 2. The van der Waals surface area contributed by atoms with Crippen molar-refractivity contribution >= 4 is 11.8 Å². The fraction of sp³-hybridized carbons (Fsp3) is 0.250. The highest BCUT2D eigenvalue weighted by atomic mass is 16.5. The highest BCUT2D eigenvalue weighted by molar-refractivity contribution is 5.85. The number of hydrogen-bond donors (Lipinski definition) is 2. The molecule has 0 fully saturated rings. The Balaban J connectivity index is 1.75. The molecule has 0 saturated carbocycles. The molecule has 7 heteroatoms. The monoisotopic (exact) mass is 367 g/mol. The molecule has 0 aliphatic carbocycles. The molecule has 1 atom stereocenters. The molecule has 0 aliphatic heterocycles. The van der Waals surface area contributed by atoms with Crippen molar-refractivity contribution in [1.29, 1.82) is 5.26 Å². The molecule has 2 aromatic carbocycles. The summed E-state index contributed by atoms with van der Waals surface area (Å²) in [5.74, 6) is 0.0178. The van der Waals surface area contributed by atoms with Gasteiger partial charge in [0.1, 0.15) is 11.5 Å². The second kappa shape index (κ2) is 9.25. The van der Waals surface area contributed by atoms with Crippen molar-refractivity contribution in [3.05, 3.63) is 59.2 Å². The highest BCUT2D eigenvalue weighted by Crippen LogP contribution is 2.16. The first-order valence-corrected chi connectivity index (χ1v) is 8.34. The largest absolute Gasteiger partial charge is 0.484 e. The Labute approximate surface area is 157 Å². The number of carbonyl (C=O) groups excluding carboxylic acids is 2. The minimum Gasteiger partial charge on any atom is -0.484 e. The van der Waals surface area contributed by atoms with Gasteiger partial charge in [0.25, 0.3) is 11.8 Å². The van der Waals surface area contributed by atoms with E-state index in [1.807, 2.05) is 32.0 Å². The first-order chi connectivity index (χ1) is 12.9. The molecular weight excluding hydrogens is 346 g/mol. The maximum Gasteiger partial charge on any atom is 0.279 e. The lowest BCUT2D eigenvalue weighted by Crippen LogP contribution is -2.48. The quantitative estimate of drug-likeness (QED) is 0.762. The third kappa shape index (κ3) is 6.04. The first-order valence-electron chi connectivity index (χ1n) is 8.34. The molecule has 0 saturated heterocycles. The summed E-state index contributed by atoms with van der Waals surface area (Å²) in [7, 11) is 0. The van der Waals surface area contributed by atoms with Crippen LogP contribution in [-0.2, 0) is 9.59 Å². The zero-order chi connectivity index (χ0) is 19.8. The predicted octanol–water partition coefficient (Wildman–Crippen LogP) is 2.17. The van der Waals surface area contributed by atoms with E-state index in [2.05, 4.69) is 10.9 Å². The van der Waals surface area contributed by atoms with Crippen LogP contribution in [0.5, 0.6) is 11.5 Å². The van der Waals surface area contributed by atoms with Crippen LogP contribution < -0.4 is 20.3 Å². The molecule has 0 aromatic heterocycles. The summed E-state index contributed by atoms with van der Waals surface area (Å²) >= 11 is 0. The van der Waals surface area contributed by atoms with Crippen LogP contribution in [0.15, 0.2) is 42.5 Å². The van der Waals surface area contributed by atoms with Crippen molar-refractivity contribution in [2.45, 2.75) is 26.9 Å². The van der Waals surface area contributed by atoms with Crippen LogP contribution >= 0.6 is 0 Å². The Hall–Kier alpha value is -3.53. The molecule has 0 spiro atoms. The van der Waals surface area contributed by atoms with Crippen LogP contribution in [-0.4, -0.2) is 24.5 Å². The Morgan fingerprint density at radius 2 is 1.70 bits per heavy atom. The number of hydrogen-bond acceptors (Lipinski definition) is 5. The number of ether oxygens (including phenoxy) is 2. The van der Waals surface area contributed by atoms with Crippen molar-refractivity contribution in [3.63, 3.8) is 0 Å². The Kier molecular flexibility index (Phi) is 6.78. The molecule has 140 valence electrons. The minimum absolute atomic E-state index is 0.229. The van der Waals surface area contributed by atoms with Gasteiger partial charge >= 0.3 is 0 Å². The van der Waals surface area contributed by atoms with Gasteiger partial charge in [-0.25, -0.2) is 0 Å². The van der Waals surface area contributed by atoms with Crippen LogP contribution in [0.3, 0.4) is 0 Å². The van der Waals surface area contributed by atoms with Gasteiger partial charge < -0.3 is 9.47 Å². The molecule has 0 radical (unpaired) electrons. The lowest BCUT2D eigenvalue weighted by molar-refractivity contribution is -0.133. The van der Waals surface area contributed by atoms with Gasteiger partial charge in [0.2, 0.25) is 0 Å². The van der Waals surface area contributed by atoms with Gasteiger partial charge in [-0.15, -0.1) is 0 Å². The van der Waals surface area contributed by atoms with E-state index in [1.165, 1.54) is 0 Å². The first kappa shape index (κ1) is 19.8. The SMILES string of the molecule is Cc1ccc(OCC(=O)NNC(=O)C(C)Oc2ccc(C#N)cc2)cc1C. The molecule has 2 rings (SSSR count). The third-order valence-electron chi connectivity index (χ3n) is 3.84. The van der Waals surface area contributed by atoms with E-state index < -0.39 is 17.9 Å². The van der Waals surface area contributed by atoms with E-state index in [4.69, 9.17) is 14.7 Å². The second-order valence-electron chi connectivity index (χ2n) is 5.97. The number of nitriles is 1. The van der Waals surface area contributed by atoms with Crippen LogP contribution in [0.4, 0.5) is 0 Å². The summed E-state index contributed by atoms with van der Waals surface area (Å²) < 4.78 is 10.9. The molecule has 2 N–H and O–H groups in total. The molecular formula is C20H21N3O4. The van der Waals surface area contributed by atoms with E-state index in [1.54, 1.807) is 37.3 Å². The number of hydrazine groups is 1. The predicted molar refractivity (Wildman–Crippen MR) is 98.9 cm³/mol. The fourth-order valence-electron chi connectivity index (χ4n) is 2.09. The average molecular weight is 367 g/mol. The second-order valence-corrected chi connectivity index (χ2v) is 5.97. The minimum atomic E-state index is -0.834. The van der Waals surface area contributed by atoms with Gasteiger partial charge in [0.05, 0.1) is 11.6 Å². The standard InChI is InChI=1S/C20H21N3O4/c1-13-4-7-18(10-14(13)2)26-12-19(24)22-23-20(25)15(3)27-17-8-5-16(11-21)6-9-17/h4-10,15H,12H2,1-3H3,(H,22,24)(H,23,25). The van der Waals surface area contributed by atoms with E-state index in [0.29, 0.717) is 17.1 Å². The van der Waals surface area contributed by atoms with Crippen molar-refractivity contribution in [2.24, 2.45) is 0 Å². The van der Waals surface area contributed by atoms with E-state index in [9.17, 15) is 9.59 Å². The maximum absolute atomic E-state index is 12.0. The van der Waals surface area contributed by atoms with Gasteiger partial charge in [-0.2, -0.15) is 5.26 Å². The Morgan fingerprint density at radius 1 is 1.04 bits per heavy atom. The molecule has 0 heterocycles. The third-order valence-corrected chi connectivity index (χ3v) is 3.84. The van der Waals surface area contributed by atoms with Gasteiger partial charge in [-0.3, -0.25) is 20.4 Å². The van der Waals surface area contributed by atoms with Crippen molar-refractivity contribution in [1.82, 2.24) is 10.9 Å². The number of nitrogens with zero attached hydrogens (tertiary/aromatic N) is 1. The zero-order valence-electron chi connectivity index (χ0n) is 15.4. The average Bonchev–Trinajstić information content (AvgIpc) is 2.67. The Bertz CT molecular complexity index is 857. The zero-order valence-corrected chi connectivity index (χ0v) is 15.4. The number of carbonyl (C=O) groups is 2. The van der Waals surface area contributed by atoms with Gasteiger partial charge in [-0.05, 0) is 68.3 Å². The number of aryl methyl sites for hydroxylation is 2. The van der Waals surface area contributed by atoms with E-state index >= 15 is 0 Å². The van der Waals surface area contributed by atoms with Crippen molar-refractivity contribution in [2.75, 3.05) is 6.61 Å². The van der Waals surface area contributed by atoms with Crippen LogP contribution in [0.1, 0.15) is 23.6 Å². The summed E-state index contributed by atoms with van der Waals surface area (Å²) in [5, 5.41) is 8.76. The number of rotatable bonds is 6. The van der Waals surface area contributed by atoms with E-state index in [-0.39, 0.29) is 6.61 Å². The summed E-state index contributed by atoms with van der Waals surface area (Å²) in [4.78, 5) is 23.8. The smallest absolute Gasteiger partial charge is 0.279 e. The van der Waals surface area contributed by atoms with E-state index in [0.717, 1.165) is 11.1 Å². The summed E-state index contributed by atoms with van der Waals surface area (Å²) in [5.41, 5.74) is 7.26. The normalized spacial score (nSPS) is 11.0. The maximum atomic E-state index is 12.0. The molecule has 7 nitrogen and oxygen atoms in total. The lowest BCUT2D eigenvalue weighted by Gasteiger charge is -2.15. The molecule has 0 bridgehead atoms. The molecule has 2 aromatic rings. The number of nitrogens with one attached hydrogen (secondary N) is 2. The molecule has 1 unspecified atom stereocenters. The topological polar surface area (TPSA) is 100 Å². The lowest BCUT2D eigenvalue weighted by atomic mass is 10.1. The summed E-state index contributed by atoms with van der Waals surface area (Å²) in [6.07, 6.45) is -0.834. The fourth-order valence-corrected chi connectivity index (χ4v) is 2.09. The van der Waals surface area contributed by atoms with Crippen molar-refractivity contribution in [3.8, 4) is 17.6 Å². The molecule has 2 amide bonds. The summed E-state index contributed by atoms with van der Waals surface area (Å²) in [6, 6.07) is 13.9. The molecule has 0 aliphatic rings. The summed E-state index contributed by atoms with van der Waals surface area (Å²) in [6.45, 7) is 5.26. The van der Waals surface area contributed by atoms with Crippen LogP contribution in [0.25, 0.3) is 0 Å².